The molecule has 0 aliphatic rings. The Hall–Kier alpha value is -0.980. The van der Waals surface area contributed by atoms with Gasteiger partial charge in [0.15, 0.2) is 0 Å². The zero-order valence-corrected chi connectivity index (χ0v) is 6.39. The standard InChI is InChI=1S/C6H10O6/c1-3(8)6(12,5(10)11)4(9)2-7/h3,7-8,12H,2H2,1H3,(H,10,11)/t3-,6+/m1/s1. The largest absolute Gasteiger partial charge is 0.479 e. The van der Waals surface area contributed by atoms with Crippen LogP contribution in [0.25, 0.3) is 0 Å². The van der Waals surface area contributed by atoms with E-state index in [9.17, 15) is 9.59 Å². The number of aliphatic hydroxyl groups excluding tert-OH is 2. The lowest BCUT2D eigenvalue weighted by molar-refractivity contribution is -0.177. The summed E-state index contributed by atoms with van der Waals surface area (Å²) in [6, 6.07) is 0. The van der Waals surface area contributed by atoms with Gasteiger partial charge in [0.2, 0.25) is 11.4 Å². The van der Waals surface area contributed by atoms with Gasteiger partial charge < -0.3 is 20.4 Å². The van der Waals surface area contributed by atoms with Crippen molar-refractivity contribution in [2.75, 3.05) is 6.61 Å². The van der Waals surface area contributed by atoms with Crippen molar-refractivity contribution in [1.82, 2.24) is 0 Å². The van der Waals surface area contributed by atoms with Gasteiger partial charge in [-0.25, -0.2) is 4.79 Å². The number of Topliss-reactive ketones (excluding diaryl/α,β-unsaturated/α-hetero) is 1. The van der Waals surface area contributed by atoms with Gasteiger partial charge >= 0.3 is 5.97 Å². The van der Waals surface area contributed by atoms with Crippen LogP contribution in [0.1, 0.15) is 6.92 Å². The maximum Gasteiger partial charge on any atom is 0.346 e. The molecule has 0 aromatic heterocycles. The van der Waals surface area contributed by atoms with Crippen LogP contribution in [0.4, 0.5) is 0 Å². The van der Waals surface area contributed by atoms with Crippen LogP contribution in [-0.4, -0.2) is 50.5 Å². The topological polar surface area (TPSA) is 115 Å². The molecule has 4 N–H and O–H groups in total. The molecule has 0 heterocycles. The maximum atomic E-state index is 10.7. The number of carboxylic acids is 1. The van der Waals surface area contributed by atoms with Crippen molar-refractivity contribution < 1.29 is 30.0 Å². The summed E-state index contributed by atoms with van der Waals surface area (Å²) in [5, 5.41) is 34.5. The first kappa shape index (κ1) is 11.0. The van der Waals surface area contributed by atoms with E-state index in [1.807, 2.05) is 0 Å². The molecule has 0 bridgehead atoms. The van der Waals surface area contributed by atoms with Crippen LogP contribution >= 0.6 is 0 Å². The molecular formula is C6H10O6. The van der Waals surface area contributed by atoms with Gasteiger partial charge in [-0.05, 0) is 6.92 Å². The van der Waals surface area contributed by atoms with E-state index in [1.165, 1.54) is 0 Å². The van der Waals surface area contributed by atoms with Crippen molar-refractivity contribution in [3.05, 3.63) is 0 Å². The van der Waals surface area contributed by atoms with Crippen LogP contribution in [0.3, 0.4) is 0 Å². The van der Waals surface area contributed by atoms with Crippen LogP contribution in [0, 0.1) is 0 Å². The first-order chi connectivity index (χ1) is 5.37. The lowest BCUT2D eigenvalue weighted by Gasteiger charge is -2.23. The summed E-state index contributed by atoms with van der Waals surface area (Å²) in [6.45, 7) is -0.185. The summed E-state index contributed by atoms with van der Waals surface area (Å²) in [6.07, 6.45) is -1.77. The highest BCUT2D eigenvalue weighted by molar-refractivity contribution is 6.07. The molecule has 0 unspecified atom stereocenters. The molecule has 0 radical (unpaired) electrons. The quantitative estimate of drug-likeness (QED) is 0.361. The van der Waals surface area contributed by atoms with Gasteiger partial charge in [-0.1, -0.05) is 0 Å². The number of rotatable bonds is 4. The number of aliphatic carboxylic acids is 1. The summed E-state index contributed by atoms with van der Waals surface area (Å²) in [7, 11) is 0. The monoisotopic (exact) mass is 178 g/mol. The maximum absolute atomic E-state index is 10.7. The minimum atomic E-state index is -2.91. The fourth-order valence-corrected chi connectivity index (χ4v) is 0.651. The predicted molar refractivity (Wildman–Crippen MR) is 36.4 cm³/mol. The SMILES string of the molecule is C[C@@H](O)[C@@](O)(C(=O)O)C(=O)CO. The van der Waals surface area contributed by atoms with E-state index in [2.05, 4.69) is 0 Å². The third kappa shape index (κ3) is 1.60. The van der Waals surface area contributed by atoms with Gasteiger partial charge in [0.05, 0.1) is 6.10 Å². The Morgan fingerprint density at radius 1 is 1.50 bits per heavy atom. The molecular weight excluding hydrogens is 168 g/mol. The highest BCUT2D eigenvalue weighted by Crippen LogP contribution is 2.12. The Morgan fingerprint density at radius 2 is 1.92 bits per heavy atom. The van der Waals surface area contributed by atoms with Gasteiger partial charge in [0.1, 0.15) is 6.61 Å². The second-order valence-corrected chi connectivity index (χ2v) is 2.33. The fraction of sp³-hybridized carbons (Fsp3) is 0.667. The summed E-state index contributed by atoms with van der Waals surface area (Å²) in [4.78, 5) is 21.0. The van der Waals surface area contributed by atoms with Crippen LogP contribution in [0.2, 0.25) is 0 Å². The number of carbonyl (C=O) groups is 2. The van der Waals surface area contributed by atoms with Crippen molar-refractivity contribution in [1.29, 1.82) is 0 Å². The molecule has 0 aromatic carbocycles. The van der Waals surface area contributed by atoms with Gasteiger partial charge in [-0.3, -0.25) is 4.79 Å². The molecule has 0 aliphatic heterocycles. The number of ketones is 1. The Bertz CT molecular complexity index is 198. The first-order valence-electron chi connectivity index (χ1n) is 3.15. The van der Waals surface area contributed by atoms with E-state index >= 15 is 0 Å². The molecule has 12 heavy (non-hydrogen) atoms. The van der Waals surface area contributed by atoms with Gasteiger partial charge in [-0.2, -0.15) is 0 Å². The second kappa shape index (κ2) is 3.61. The molecule has 6 nitrogen and oxygen atoms in total. The molecule has 0 fully saturated rings. The molecule has 0 amide bonds. The Labute approximate surface area is 68.1 Å². The normalized spacial score (nSPS) is 18.0. The highest BCUT2D eigenvalue weighted by atomic mass is 16.4. The van der Waals surface area contributed by atoms with E-state index in [4.69, 9.17) is 20.4 Å². The number of carboxylic acid groups (broad SMARTS) is 1. The van der Waals surface area contributed by atoms with Crippen LogP contribution < -0.4 is 0 Å². The average Bonchev–Trinajstić information content (AvgIpc) is 2.00. The molecule has 0 aliphatic carbocycles. The number of carbonyl (C=O) groups excluding carboxylic acids is 1. The van der Waals surface area contributed by atoms with E-state index in [1.54, 1.807) is 0 Å². The fourth-order valence-electron chi connectivity index (χ4n) is 0.651. The number of hydrogen-bond donors (Lipinski definition) is 4. The molecule has 0 saturated heterocycles. The van der Waals surface area contributed by atoms with Crippen LogP contribution in [0.15, 0.2) is 0 Å². The van der Waals surface area contributed by atoms with Crippen molar-refractivity contribution >= 4 is 11.8 Å². The van der Waals surface area contributed by atoms with E-state index < -0.39 is 30.1 Å². The van der Waals surface area contributed by atoms with Crippen LogP contribution in [0.5, 0.6) is 0 Å². The van der Waals surface area contributed by atoms with E-state index in [0.717, 1.165) is 6.92 Å². The summed E-state index contributed by atoms with van der Waals surface area (Å²) < 4.78 is 0. The molecule has 0 spiro atoms. The van der Waals surface area contributed by atoms with Crippen molar-refractivity contribution in [3.63, 3.8) is 0 Å². The van der Waals surface area contributed by atoms with Crippen LogP contribution in [-0.2, 0) is 9.59 Å². The molecule has 0 rings (SSSR count). The van der Waals surface area contributed by atoms with Gasteiger partial charge in [0, 0.05) is 0 Å². The average molecular weight is 178 g/mol. The Balaban J connectivity index is 4.87. The lowest BCUT2D eigenvalue weighted by atomic mass is 9.93. The summed E-state index contributed by atoms with van der Waals surface area (Å²) >= 11 is 0. The van der Waals surface area contributed by atoms with Crippen molar-refractivity contribution in [3.8, 4) is 0 Å². The zero-order valence-electron chi connectivity index (χ0n) is 6.39. The molecule has 2 atom stereocenters. The first-order valence-corrected chi connectivity index (χ1v) is 3.15. The zero-order chi connectivity index (χ0) is 9.94. The van der Waals surface area contributed by atoms with E-state index in [-0.39, 0.29) is 0 Å². The van der Waals surface area contributed by atoms with Gasteiger partial charge in [-0.15, -0.1) is 0 Å². The van der Waals surface area contributed by atoms with Gasteiger partial charge in [0.25, 0.3) is 0 Å². The Kier molecular flexibility index (Phi) is 3.32. The van der Waals surface area contributed by atoms with Crippen molar-refractivity contribution in [2.24, 2.45) is 0 Å². The highest BCUT2D eigenvalue weighted by Gasteiger charge is 2.48. The third-order valence-electron chi connectivity index (χ3n) is 1.50. The molecule has 70 valence electrons. The predicted octanol–water partition coefficient (Wildman–Crippen LogP) is -2.26. The van der Waals surface area contributed by atoms with E-state index in [0.29, 0.717) is 0 Å². The molecule has 0 aromatic rings. The summed E-state index contributed by atoms with van der Waals surface area (Å²) in [5.41, 5.74) is -2.91. The molecule has 0 saturated carbocycles. The number of aliphatic hydroxyl groups is 3. The summed E-state index contributed by atoms with van der Waals surface area (Å²) in [5.74, 6) is -3.22. The molecule has 6 heteroatoms. The second-order valence-electron chi connectivity index (χ2n) is 2.33. The smallest absolute Gasteiger partial charge is 0.346 e. The minimum Gasteiger partial charge on any atom is -0.479 e. The Morgan fingerprint density at radius 3 is 2.00 bits per heavy atom. The number of hydrogen-bond acceptors (Lipinski definition) is 5. The lowest BCUT2D eigenvalue weighted by Crippen LogP contribution is -2.55. The third-order valence-corrected chi connectivity index (χ3v) is 1.50. The van der Waals surface area contributed by atoms with Crippen molar-refractivity contribution in [2.45, 2.75) is 18.6 Å². The minimum absolute atomic E-state index is 0.946.